The van der Waals surface area contributed by atoms with Crippen molar-refractivity contribution in [2.75, 3.05) is 13.6 Å². The summed E-state index contributed by atoms with van der Waals surface area (Å²) in [5.74, 6) is -0.220. The summed E-state index contributed by atoms with van der Waals surface area (Å²) in [4.78, 5) is 23.6. The van der Waals surface area contributed by atoms with Gasteiger partial charge in [-0.3, -0.25) is 9.59 Å². The first-order valence-corrected chi connectivity index (χ1v) is 6.82. The summed E-state index contributed by atoms with van der Waals surface area (Å²) < 4.78 is 0. The van der Waals surface area contributed by atoms with Crippen LogP contribution in [-0.2, 0) is 4.79 Å². The Hall–Kier alpha value is -1.88. The second-order valence-electron chi connectivity index (χ2n) is 4.94. The molecule has 0 aliphatic heterocycles. The third kappa shape index (κ3) is 5.84. The summed E-state index contributed by atoms with van der Waals surface area (Å²) in [6, 6.07) is 9.00. The van der Waals surface area contributed by atoms with Crippen LogP contribution in [0.5, 0.6) is 0 Å². The molecule has 110 valence electrons. The average Bonchev–Trinajstić information content (AvgIpc) is 2.45. The standard InChI is InChI=1S/C15H23N3O2/c1-11(9-14(19)17-10-12(2)16-3)18-15(20)13-7-5-4-6-8-13/h4-8,11-12,16H,9-10H2,1-3H3,(H,17,19)(H,18,20). The number of benzene rings is 1. The molecule has 0 heterocycles. The van der Waals surface area contributed by atoms with Gasteiger partial charge in [-0.1, -0.05) is 18.2 Å². The van der Waals surface area contributed by atoms with Crippen molar-refractivity contribution >= 4 is 11.8 Å². The Bertz CT molecular complexity index is 434. The van der Waals surface area contributed by atoms with E-state index in [0.29, 0.717) is 12.1 Å². The maximum atomic E-state index is 11.9. The van der Waals surface area contributed by atoms with Crippen molar-refractivity contribution in [3.63, 3.8) is 0 Å². The SMILES string of the molecule is CNC(C)CNC(=O)CC(C)NC(=O)c1ccccc1. The quantitative estimate of drug-likeness (QED) is 0.694. The summed E-state index contributed by atoms with van der Waals surface area (Å²) in [5, 5.41) is 8.68. The number of nitrogens with one attached hydrogen (secondary N) is 3. The Kier molecular flexibility index (Phi) is 6.73. The highest BCUT2D eigenvalue weighted by Gasteiger charge is 2.13. The van der Waals surface area contributed by atoms with Crippen LogP contribution in [0.3, 0.4) is 0 Å². The number of rotatable bonds is 7. The Labute approximate surface area is 120 Å². The zero-order chi connectivity index (χ0) is 15.0. The molecule has 3 N–H and O–H groups in total. The topological polar surface area (TPSA) is 70.2 Å². The first kappa shape index (κ1) is 16.2. The fraction of sp³-hybridized carbons (Fsp3) is 0.467. The van der Waals surface area contributed by atoms with Crippen molar-refractivity contribution in [2.24, 2.45) is 0 Å². The largest absolute Gasteiger partial charge is 0.354 e. The molecule has 2 unspecified atom stereocenters. The van der Waals surface area contributed by atoms with Crippen molar-refractivity contribution in [1.82, 2.24) is 16.0 Å². The molecular weight excluding hydrogens is 254 g/mol. The van der Waals surface area contributed by atoms with Crippen LogP contribution in [-0.4, -0.2) is 37.5 Å². The van der Waals surface area contributed by atoms with Gasteiger partial charge in [0.05, 0.1) is 0 Å². The summed E-state index contributed by atoms with van der Waals surface area (Å²) in [6.07, 6.45) is 0.273. The molecule has 1 aromatic rings. The lowest BCUT2D eigenvalue weighted by atomic mass is 10.1. The molecule has 0 aliphatic rings. The van der Waals surface area contributed by atoms with Gasteiger partial charge in [-0.05, 0) is 33.0 Å². The maximum absolute atomic E-state index is 11.9. The van der Waals surface area contributed by atoms with Gasteiger partial charge in [0.2, 0.25) is 5.91 Å². The molecule has 0 saturated carbocycles. The molecule has 2 atom stereocenters. The van der Waals surface area contributed by atoms with Gasteiger partial charge in [-0.2, -0.15) is 0 Å². The van der Waals surface area contributed by atoms with Gasteiger partial charge in [-0.15, -0.1) is 0 Å². The minimum atomic E-state index is -0.201. The van der Waals surface area contributed by atoms with Crippen molar-refractivity contribution < 1.29 is 9.59 Å². The smallest absolute Gasteiger partial charge is 0.251 e. The van der Waals surface area contributed by atoms with E-state index in [1.807, 2.05) is 39.1 Å². The molecule has 5 nitrogen and oxygen atoms in total. The lowest BCUT2D eigenvalue weighted by Gasteiger charge is -2.15. The number of hydrogen-bond donors (Lipinski definition) is 3. The number of likely N-dealkylation sites (N-methyl/N-ethyl adjacent to an activating group) is 1. The van der Waals surface area contributed by atoms with E-state index in [1.54, 1.807) is 12.1 Å². The van der Waals surface area contributed by atoms with Crippen LogP contribution in [0.15, 0.2) is 30.3 Å². The van der Waals surface area contributed by atoms with E-state index in [1.165, 1.54) is 0 Å². The van der Waals surface area contributed by atoms with E-state index in [4.69, 9.17) is 0 Å². The van der Waals surface area contributed by atoms with Gasteiger partial charge in [0.1, 0.15) is 0 Å². The minimum Gasteiger partial charge on any atom is -0.354 e. The fourth-order valence-electron chi connectivity index (χ4n) is 1.67. The first-order valence-electron chi connectivity index (χ1n) is 6.82. The van der Waals surface area contributed by atoms with Crippen LogP contribution >= 0.6 is 0 Å². The molecule has 0 fully saturated rings. The monoisotopic (exact) mass is 277 g/mol. The number of carbonyl (C=O) groups excluding carboxylic acids is 2. The Morgan fingerprint density at radius 3 is 2.35 bits per heavy atom. The van der Waals surface area contributed by atoms with Crippen molar-refractivity contribution in [2.45, 2.75) is 32.4 Å². The van der Waals surface area contributed by atoms with Crippen LogP contribution in [0, 0.1) is 0 Å². The minimum absolute atomic E-state index is 0.0621. The Balaban J connectivity index is 2.34. The van der Waals surface area contributed by atoms with Gasteiger partial charge >= 0.3 is 0 Å². The lowest BCUT2D eigenvalue weighted by molar-refractivity contribution is -0.121. The fourth-order valence-corrected chi connectivity index (χ4v) is 1.67. The van der Waals surface area contributed by atoms with Gasteiger partial charge in [0.25, 0.3) is 5.91 Å². The molecule has 1 aromatic carbocycles. The first-order chi connectivity index (χ1) is 9.52. The number of amides is 2. The maximum Gasteiger partial charge on any atom is 0.251 e. The van der Waals surface area contributed by atoms with E-state index >= 15 is 0 Å². The molecule has 0 aliphatic carbocycles. The van der Waals surface area contributed by atoms with E-state index < -0.39 is 0 Å². The highest BCUT2D eigenvalue weighted by atomic mass is 16.2. The van der Waals surface area contributed by atoms with E-state index in [2.05, 4.69) is 16.0 Å². The molecule has 5 heteroatoms. The molecule has 1 rings (SSSR count). The summed E-state index contributed by atoms with van der Waals surface area (Å²) in [6.45, 7) is 4.39. The van der Waals surface area contributed by atoms with E-state index in [-0.39, 0.29) is 30.3 Å². The Morgan fingerprint density at radius 2 is 1.75 bits per heavy atom. The van der Waals surface area contributed by atoms with Crippen molar-refractivity contribution in [1.29, 1.82) is 0 Å². The third-order valence-corrected chi connectivity index (χ3v) is 3.00. The van der Waals surface area contributed by atoms with Gasteiger partial charge in [0, 0.05) is 30.6 Å². The van der Waals surface area contributed by atoms with E-state index in [0.717, 1.165) is 0 Å². The second kappa shape index (κ2) is 8.32. The molecule has 0 spiro atoms. The van der Waals surface area contributed by atoms with Crippen LogP contribution in [0.25, 0.3) is 0 Å². The molecule has 0 saturated heterocycles. The highest BCUT2D eigenvalue weighted by molar-refractivity contribution is 5.94. The van der Waals surface area contributed by atoms with Crippen LogP contribution in [0.4, 0.5) is 0 Å². The van der Waals surface area contributed by atoms with Crippen molar-refractivity contribution in [3.8, 4) is 0 Å². The predicted molar refractivity (Wildman–Crippen MR) is 79.5 cm³/mol. The summed E-state index contributed by atoms with van der Waals surface area (Å²) >= 11 is 0. The molecule has 0 aromatic heterocycles. The average molecular weight is 277 g/mol. The molecule has 2 amide bonds. The summed E-state index contributed by atoms with van der Waals surface area (Å²) in [5.41, 5.74) is 0.601. The third-order valence-electron chi connectivity index (χ3n) is 3.00. The van der Waals surface area contributed by atoms with Crippen LogP contribution in [0.2, 0.25) is 0 Å². The summed E-state index contributed by atoms with van der Waals surface area (Å²) in [7, 11) is 1.85. The molecule has 0 radical (unpaired) electrons. The number of carbonyl (C=O) groups is 2. The molecule has 20 heavy (non-hydrogen) atoms. The van der Waals surface area contributed by atoms with Gasteiger partial charge in [-0.25, -0.2) is 0 Å². The second-order valence-corrected chi connectivity index (χ2v) is 4.94. The zero-order valence-electron chi connectivity index (χ0n) is 12.3. The van der Waals surface area contributed by atoms with Crippen LogP contribution < -0.4 is 16.0 Å². The van der Waals surface area contributed by atoms with E-state index in [9.17, 15) is 9.59 Å². The van der Waals surface area contributed by atoms with Gasteiger partial charge < -0.3 is 16.0 Å². The predicted octanol–water partition coefficient (Wildman–Crippen LogP) is 0.919. The molecular formula is C15H23N3O2. The normalized spacial score (nSPS) is 13.3. The zero-order valence-corrected chi connectivity index (χ0v) is 12.3. The Morgan fingerprint density at radius 1 is 1.10 bits per heavy atom. The highest BCUT2D eigenvalue weighted by Crippen LogP contribution is 2.00. The van der Waals surface area contributed by atoms with Gasteiger partial charge in [0.15, 0.2) is 0 Å². The number of hydrogen-bond acceptors (Lipinski definition) is 3. The van der Waals surface area contributed by atoms with Crippen LogP contribution in [0.1, 0.15) is 30.6 Å². The molecule has 0 bridgehead atoms. The van der Waals surface area contributed by atoms with Crippen molar-refractivity contribution in [3.05, 3.63) is 35.9 Å². The lowest BCUT2D eigenvalue weighted by Crippen LogP contribution is -2.41.